The Hall–Kier alpha value is -1.95. The molecule has 1 aliphatic heterocycles. The number of tetrazole rings is 1. The first kappa shape index (κ1) is 14.0. The van der Waals surface area contributed by atoms with Crippen LogP contribution in [-0.2, 0) is 0 Å². The lowest BCUT2D eigenvalue weighted by molar-refractivity contribution is 0.190. The van der Waals surface area contributed by atoms with E-state index < -0.39 is 0 Å². The number of rotatable bonds is 3. The summed E-state index contributed by atoms with van der Waals surface area (Å²) in [4.78, 5) is 2.42. The van der Waals surface area contributed by atoms with Gasteiger partial charge in [-0.25, -0.2) is 4.68 Å². The van der Waals surface area contributed by atoms with Gasteiger partial charge in [0.25, 0.3) is 0 Å². The average molecular weight is 286 g/mol. The molecule has 0 aliphatic carbocycles. The highest BCUT2D eigenvalue weighted by atomic mass is 15.5. The largest absolute Gasteiger partial charge is 0.382 e. The van der Waals surface area contributed by atoms with E-state index in [9.17, 15) is 0 Å². The summed E-state index contributed by atoms with van der Waals surface area (Å²) in [6, 6.07) is 7.52. The second-order valence-electron chi connectivity index (χ2n) is 5.95. The van der Waals surface area contributed by atoms with Crippen LogP contribution in [0.5, 0.6) is 0 Å². The number of nitrogens with one attached hydrogen (secondary N) is 1. The molecule has 0 saturated carbocycles. The van der Waals surface area contributed by atoms with E-state index in [4.69, 9.17) is 0 Å². The number of aryl methyl sites for hydroxylation is 1. The molecule has 0 radical (unpaired) electrons. The first-order valence-electron chi connectivity index (χ1n) is 7.44. The van der Waals surface area contributed by atoms with Gasteiger partial charge >= 0.3 is 0 Å². The molecular formula is C15H22N6. The van der Waals surface area contributed by atoms with E-state index in [1.165, 1.54) is 18.5 Å². The third-order valence-corrected chi connectivity index (χ3v) is 4.37. The Labute approximate surface area is 125 Å². The molecule has 2 unspecified atom stereocenters. The summed E-state index contributed by atoms with van der Waals surface area (Å²) in [5.74, 6) is 0. The summed E-state index contributed by atoms with van der Waals surface area (Å²) < 4.78 is 1.69. The van der Waals surface area contributed by atoms with E-state index in [-0.39, 0.29) is 0 Å². The van der Waals surface area contributed by atoms with Gasteiger partial charge in [-0.3, -0.25) is 0 Å². The van der Waals surface area contributed by atoms with Crippen molar-refractivity contribution in [3.8, 4) is 5.69 Å². The Morgan fingerprint density at radius 3 is 2.86 bits per heavy atom. The van der Waals surface area contributed by atoms with Crippen LogP contribution < -0.4 is 5.32 Å². The number of hydrogen-bond acceptors (Lipinski definition) is 5. The molecule has 1 aromatic carbocycles. The minimum absolute atomic E-state index is 0.550. The number of anilines is 1. The van der Waals surface area contributed by atoms with Gasteiger partial charge in [-0.2, -0.15) is 0 Å². The fraction of sp³-hybridized carbons (Fsp3) is 0.533. The molecule has 3 rings (SSSR count). The Kier molecular flexibility index (Phi) is 3.88. The Morgan fingerprint density at radius 2 is 2.19 bits per heavy atom. The zero-order valence-electron chi connectivity index (χ0n) is 12.8. The van der Waals surface area contributed by atoms with Crippen molar-refractivity contribution in [1.29, 1.82) is 0 Å². The smallest absolute Gasteiger partial charge is 0.143 e. The van der Waals surface area contributed by atoms with Crippen molar-refractivity contribution < 1.29 is 0 Å². The van der Waals surface area contributed by atoms with Crippen molar-refractivity contribution in [3.63, 3.8) is 0 Å². The molecule has 2 heterocycles. The molecule has 1 aliphatic rings. The quantitative estimate of drug-likeness (QED) is 0.933. The topological polar surface area (TPSA) is 58.9 Å². The molecule has 0 amide bonds. The normalized spacial score (nSPS) is 23.2. The van der Waals surface area contributed by atoms with E-state index in [2.05, 4.69) is 64.8 Å². The van der Waals surface area contributed by atoms with E-state index >= 15 is 0 Å². The summed E-state index contributed by atoms with van der Waals surface area (Å²) in [7, 11) is 2.20. The van der Waals surface area contributed by atoms with Gasteiger partial charge < -0.3 is 10.2 Å². The first-order chi connectivity index (χ1) is 10.1. The van der Waals surface area contributed by atoms with Crippen LogP contribution in [0.25, 0.3) is 5.69 Å². The van der Waals surface area contributed by atoms with Gasteiger partial charge in [-0.05, 0) is 67.9 Å². The molecule has 0 bridgehead atoms. The van der Waals surface area contributed by atoms with Crippen LogP contribution in [0.3, 0.4) is 0 Å². The second kappa shape index (κ2) is 5.81. The highest BCUT2D eigenvalue weighted by Crippen LogP contribution is 2.22. The number of hydrogen-bond donors (Lipinski definition) is 1. The molecule has 2 aromatic rings. The van der Waals surface area contributed by atoms with Crippen molar-refractivity contribution >= 4 is 5.69 Å². The van der Waals surface area contributed by atoms with Crippen molar-refractivity contribution in [2.45, 2.75) is 38.8 Å². The molecule has 1 saturated heterocycles. The molecule has 1 N–H and O–H groups in total. The van der Waals surface area contributed by atoms with Gasteiger partial charge in [0.15, 0.2) is 0 Å². The summed E-state index contributed by atoms with van der Waals surface area (Å²) in [5.41, 5.74) is 3.35. The molecule has 21 heavy (non-hydrogen) atoms. The molecule has 6 nitrogen and oxygen atoms in total. The monoisotopic (exact) mass is 286 g/mol. The van der Waals surface area contributed by atoms with Gasteiger partial charge in [0.1, 0.15) is 6.33 Å². The molecule has 1 fully saturated rings. The fourth-order valence-electron chi connectivity index (χ4n) is 2.93. The minimum atomic E-state index is 0.550. The lowest BCUT2D eigenvalue weighted by atomic mass is 9.98. The van der Waals surface area contributed by atoms with Crippen LogP contribution in [0.15, 0.2) is 24.5 Å². The van der Waals surface area contributed by atoms with Crippen molar-refractivity contribution in [2.75, 3.05) is 18.9 Å². The van der Waals surface area contributed by atoms with Gasteiger partial charge in [0.2, 0.25) is 0 Å². The third kappa shape index (κ3) is 3.05. The van der Waals surface area contributed by atoms with E-state index in [1.807, 2.05) is 0 Å². The van der Waals surface area contributed by atoms with Crippen LogP contribution in [0, 0.1) is 6.92 Å². The zero-order chi connectivity index (χ0) is 14.8. The fourth-order valence-corrected chi connectivity index (χ4v) is 2.93. The van der Waals surface area contributed by atoms with Gasteiger partial charge in [0.05, 0.1) is 5.69 Å². The lowest BCUT2D eigenvalue weighted by Crippen LogP contribution is -2.42. The van der Waals surface area contributed by atoms with Crippen LogP contribution >= 0.6 is 0 Å². The van der Waals surface area contributed by atoms with Crippen LogP contribution in [0.1, 0.15) is 25.3 Å². The predicted molar refractivity (Wildman–Crippen MR) is 82.6 cm³/mol. The predicted octanol–water partition coefficient (Wildman–Crippen LogP) is 1.87. The standard InChI is InChI=1S/C15H22N6/c1-11-8-13(4-5-15(11)21-10-16-18-19-21)17-14-6-7-20(3)12(2)9-14/h4-5,8,10,12,14,17H,6-7,9H2,1-3H3. The Bertz CT molecular complexity index is 594. The van der Waals surface area contributed by atoms with Crippen LogP contribution in [-0.4, -0.2) is 50.8 Å². The first-order valence-corrected chi connectivity index (χ1v) is 7.44. The van der Waals surface area contributed by atoms with Gasteiger partial charge in [-0.15, -0.1) is 5.10 Å². The lowest BCUT2D eigenvalue weighted by Gasteiger charge is -2.35. The molecule has 1 aromatic heterocycles. The highest BCUT2D eigenvalue weighted by Gasteiger charge is 2.22. The molecule has 112 valence electrons. The second-order valence-corrected chi connectivity index (χ2v) is 5.95. The number of piperidine rings is 1. The number of aromatic nitrogens is 4. The van der Waals surface area contributed by atoms with Crippen molar-refractivity contribution in [3.05, 3.63) is 30.1 Å². The van der Waals surface area contributed by atoms with Crippen LogP contribution in [0.2, 0.25) is 0 Å². The number of likely N-dealkylation sites (tertiary alicyclic amines) is 1. The van der Waals surface area contributed by atoms with Gasteiger partial charge in [-0.1, -0.05) is 0 Å². The van der Waals surface area contributed by atoms with Gasteiger partial charge in [0, 0.05) is 24.3 Å². The molecule has 0 spiro atoms. The maximum atomic E-state index is 3.94. The minimum Gasteiger partial charge on any atom is -0.382 e. The SMILES string of the molecule is Cc1cc(NC2CCN(C)C(C)C2)ccc1-n1cnnn1. The molecule has 2 atom stereocenters. The van der Waals surface area contributed by atoms with Crippen molar-refractivity contribution in [1.82, 2.24) is 25.1 Å². The summed E-state index contributed by atoms with van der Waals surface area (Å²) in [5, 5.41) is 15.0. The number of nitrogens with zero attached hydrogens (tertiary/aromatic N) is 5. The third-order valence-electron chi connectivity index (χ3n) is 4.37. The number of benzene rings is 1. The Morgan fingerprint density at radius 1 is 1.33 bits per heavy atom. The van der Waals surface area contributed by atoms with E-state index in [1.54, 1.807) is 11.0 Å². The average Bonchev–Trinajstić information content (AvgIpc) is 2.97. The van der Waals surface area contributed by atoms with Crippen molar-refractivity contribution in [2.24, 2.45) is 0 Å². The maximum absolute atomic E-state index is 3.94. The summed E-state index contributed by atoms with van der Waals surface area (Å²) in [6.07, 6.45) is 3.99. The summed E-state index contributed by atoms with van der Waals surface area (Å²) in [6.45, 7) is 5.53. The Balaban J connectivity index is 1.71. The molecule has 6 heteroatoms. The van der Waals surface area contributed by atoms with E-state index in [0.29, 0.717) is 12.1 Å². The molecular weight excluding hydrogens is 264 g/mol. The van der Waals surface area contributed by atoms with E-state index in [0.717, 1.165) is 17.8 Å². The van der Waals surface area contributed by atoms with Crippen LogP contribution in [0.4, 0.5) is 5.69 Å². The maximum Gasteiger partial charge on any atom is 0.143 e. The highest BCUT2D eigenvalue weighted by molar-refractivity contribution is 5.53. The zero-order valence-corrected chi connectivity index (χ0v) is 12.8. The summed E-state index contributed by atoms with van der Waals surface area (Å²) >= 11 is 0.